The topological polar surface area (TPSA) is 56.7 Å². The van der Waals surface area contributed by atoms with Gasteiger partial charge >= 0.3 is 0 Å². The Bertz CT molecular complexity index is 823. The van der Waals surface area contributed by atoms with Crippen LogP contribution in [0.2, 0.25) is 0 Å². The number of thiocarbonyl (C=S) groups is 1. The maximum atomic E-state index is 5.79. The second kappa shape index (κ2) is 5.85. The summed E-state index contributed by atoms with van der Waals surface area (Å²) >= 11 is 5.12. The van der Waals surface area contributed by atoms with E-state index in [2.05, 4.69) is 27.8 Å². The van der Waals surface area contributed by atoms with Gasteiger partial charge in [-0.25, -0.2) is 9.97 Å². The molecule has 0 spiro atoms. The predicted octanol–water partition coefficient (Wildman–Crippen LogP) is 3.33. The second-order valence-corrected chi connectivity index (χ2v) is 6.04. The summed E-state index contributed by atoms with van der Waals surface area (Å²) in [4.78, 5) is 9.84. The molecule has 3 rings (SSSR count). The number of imidazole rings is 1. The highest BCUT2D eigenvalue weighted by Gasteiger charge is 2.16. The van der Waals surface area contributed by atoms with Crippen LogP contribution in [0, 0.1) is 12.8 Å². The maximum Gasteiger partial charge on any atom is 0.160 e. The minimum absolute atomic E-state index is 0.0814. The Morgan fingerprint density at radius 1 is 1.32 bits per heavy atom. The van der Waals surface area contributed by atoms with Crippen LogP contribution in [0.5, 0.6) is 0 Å². The molecule has 2 N–H and O–H groups in total. The van der Waals surface area contributed by atoms with Crippen molar-refractivity contribution in [3.8, 4) is 11.4 Å². The Kier molecular flexibility index (Phi) is 3.90. The SMILES string of the molecule is Cc1cnc2c(c1)nc(-c1ccccc1)n2CC(C)C(N)=S. The van der Waals surface area contributed by atoms with Crippen molar-refractivity contribution in [3.63, 3.8) is 0 Å². The molecule has 0 saturated heterocycles. The normalized spacial score (nSPS) is 12.5. The van der Waals surface area contributed by atoms with Gasteiger partial charge in [-0.15, -0.1) is 0 Å². The first-order chi connectivity index (χ1) is 10.6. The van der Waals surface area contributed by atoms with Crippen molar-refractivity contribution in [3.05, 3.63) is 48.2 Å². The summed E-state index contributed by atoms with van der Waals surface area (Å²) in [5.41, 5.74) is 9.71. The number of aryl methyl sites for hydroxylation is 1. The fourth-order valence-electron chi connectivity index (χ4n) is 2.46. The predicted molar refractivity (Wildman–Crippen MR) is 93.7 cm³/mol. The number of rotatable bonds is 4. The van der Waals surface area contributed by atoms with E-state index in [0.717, 1.165) is 28.1 Å². The Labute approximate surface area is 135 Å². The molecule has 0 aliphatic rings. The molecule has 2 aromatic heterocycles. The van der Waals surface area contributed by atoms with Crippen molar-refractivity contribution in [2.24, 2.45) is 11.7 Å². The van der Waals surface area contributed by atoms with Crippen LogP contribution in [-0.2, 0) is 6.54 Å². The molecule has 1 atom stereocenters. The lowest BCUT2D eigenvalue weighted by molar-refractivity contribution is 0.614. The number of nitrogens with zero attached hydrogens (tertiary/aromatic N) is 3. The van der Waals surface area contributed by atoms with Crippen LogP contribution < -0.4 is 5.73 Å². The molecule has 3 aromatic rings. The maximum absolute atomic E-state index is 5.79. The Hall–Kier alpha value is -2.27. The molecule has 22 heavy (non-hydrogen) atoms. The first-order valence-corrected chi connectivity index (χ1v) is 7.64. The van der Waals surface area contributed by atoms with Crippen molar-refractivity contribution in [2.75, 3.05) is 0 Å². The summed E-state index contributed by atoms with van der Waals surface area (Å²) in [5.74, 6) is 0.981. The van der Waals surface area contributed by atoms with Gasteiger partial charge in [0.25, 0.3) is 0 Å². The molecule has 1 unspecified atom stereocenters. The molecule has 2 heterocycles. The van der Waals surface area contributed by atoms with E-state index >= 15 is 0 Å². The van der Waals surface area contributed by atoms with E-state index in [-0.39, 0.29) is 5.92 Å². The lowest BCUT2D eigenvalue weighted by atomic mass is 10.1. The third-order valence-electron chi connectivity index (χ3n) is 3.70. The zero-order chi connectivity index (χ0) is 15.7. The van der Waals surface area contributed by atoms with Crippen LogP contribution in [0.4, 0.5) is 0 Å². The Morgan fingerprint density at radius 3 is 2.73 bits per heavy atom. The molecule has 1 aromatic carbocycles. The lowest BCUT2D eigenvalue weighted by Gasteiger charge is -2.13. The van der Waals surface area contributed by atoms with Gasteiger partial charge in [0.15, 0.2) is 5.65 Å². The number of fused-ring (bicyclic) bond motifs is 1. The van der Waals surface area contributed by atoms with E-state index < -0.39 is 0 Å². The van der Waals surface area contributed by atoms with Crippen molar-refractivity contribution < 1.29 is 0 Å². The van der Waals surface area contributed by atoms with E-state index in [1.807, 2.05) is 38.2 Å². The van der Waals surface area contributed by atoms with Gasteiger partial charge in [-0.1, -0.05) is 49.5 Å². The molecule has 0 aliphatic heterocycles. The smallest absolute Gasteiger partial charge is 0.160 e. The molecule has 0 amide bonds. The molecule has 0 saturated carbocycles. The van der Waals surface area contributed by atoms with Gasteiger partial charge in [0.1, 0.15) is 11.3 Å². The Morgan fingerprint density at radius 2 is 2.05 bits per heavy atom. The largest absolute Gasteiger partial charge is 0.393 e. The summed E-state index contributed by atoms with van der Waals surface area (Å²) in [6.07, 6.45) is 1.86. The average Bonchev–Trinajstić information content (AvgIpc) is 2.85. The van der Waals surface area contributed by atoms with Crippen LogP contribution >= 0.6 is 12.2 Å². The molecular weight excluding hydrogens is 292 g/mol. The van der Waals surface area contributed by atoms with Crippen LogP contribution in [0.15, 0.2) is 42.6 Å². The minimum Gasteiger partial charge on any atom is -0.393 e. The molecular formula is C17H18N4S. The van der Waals surface area contributed by atoms with Gasteiger partial charge < -0.3 is 10.3 Å². The summed E-state index contributed by atoms with van der Waals surface area (Å²) in [5, 5.41) is 0. The molecule has 0 fully saturated rings. The van der Waals surface area contributed by atoms with E-state index in [1.54, 1.807) is 0 Å². The van der Waals surface area contributed by atoms with Crippen LogP contribution in [0.25, 0.3) is 22.6 Å². The summed E-state index contributed by atoms with van der Waals surface area (Å²) < 4.78 is 2.11. The minimum atomic E-state index is 0.0814. The van der Waals surface area contributed by atoms with Gasteiger partial charge in [0, 0.05) is 24.2 Å². The first-order valence-electron chi connectivity index (χ1n) is 7.24. The van der Waals surface area contributed by atoms with Gasteiger partial charge in [-0.3, -0.25) is 0 Å². The zero-order valence-corrected chi connectivity index (χ0v) is 13.5. The summed E-state index contributed by atoms with van der Waals surface area (Å²) in [7, 11) is 0. The quantitative estimate of drug-likeness (QED) is 0.751. The summed E-state index contributed by atoms with van der Waals surface area (Å²) in [6, 6.07) is 12.2. The second-order valence-electron chi connectivity index (χ2n) is 5.57. The number of aromatic nitrogens is 3. The van der Waals surface area contributed by atoms with E-state index in [4.69, 9.17) is 22.9 Å². The number of benzene rings is 1. The molecule has 0 bridgehead atoms. The number of pyridine rings is 1. The molecule has 0 radical (unpaired) electrons. The highest BCUT2D eigenvalue weighted by atomic mass is 32.1. The van der Waals surface area contributed by atoms with E-state index in [0.29, 0.717) is 11.5 Å². The third kappa shape index (κ3) is 2.72. The summed E-state index contributed by atoms with van der Waals surface area (Å²) in [6.45, 7) is 4.72. The highest BCUT2D eigenvalue weighted by Crippen LogP contribution is 2.25. The molecule has 0 aliphatic carbocycles. The van der Waals surface area contributed by atoms with E-state index in [9.17, 15) is 0 Å². The molecule has 112 valence electrons. The van der Waals surface area contributed by atoms with Crippen LogP contribution in [0.3, 0.4) is 0 Å². The van der Waals surface area contributed by atoms with Gasteiger partial charge in [-0.05, 0) is 18.6 Å². The fraction of sp³-hybridized carbons (Fsp3) is 0.235. The standard InChI is InChI=1S/C17H18N4S/c1-11-8-14-17(19-9-11)21(10-12(2)15(18)22)16(20-14)13-6-4-3-5-7-13/h3-9,12H,10H2,1-2H3,(H2,18,22). The Balaban J connectivity index is 2.19. The van der Waals surface area contributed by atoms with Gasteiger partial charge in [0.2, 0.25) is 0 Å². The average molecular weight is 310 g/mol. The molecule has 5 heteroatoms. The monoisotopic (exact) mass is 310 g/mol. The third-order valence-corrected chi connectivity index (χ3v) is 4.10. The number of hydrogen-bond donors (Lipinski definition) is 1. The van der Waals surface area contributed by atoms with Crippen molar-refractivity contribution in [1.82, 2.24) is 14.5 Å². The van der Waals surface area contributed by atoms with Gasteiger partial charge in [0.05, 0.1) is 4.99 Å². The van der Waals surface area contributed by atoms with Gasteiger partial charge in [-0.2, -0.15) is 0 Å². The van der Waals surface area contributed by atoms with Crippen molar-refractivity contribution in [2.45, 2.75) is 20.4 Å². The van der Waals surface area contributed by atoms with Crippen LogP contribution in [0.1, 0.15) is 12.5 Å². The number of nitrogens with two attached hydrogens (primary N) is 1. The van der Waals surface area contributed by atoms with Crippen molar-refractivity contribution in [1.29, 1.82) is 0 Å². The fourth-order valence-corrected chi connectivity index (χ4v) is 2.53. The van der Waals surface area contributed by atoms with E-state index in [1.165, 1.54) is 0 Å². The van der Waals surface area contributed by atoms with Crippen molar-refractivity contribution >= 4 is 28.4 Å². The van der Waals surface area contributed by atoms with Crippen LogP contribution in [-0.4, -0.2) is 19.5 Å². The number of hydrogen-bond acceptors (Lipinski definition) is 3. The molecule has 4 nitrogen and oxygen atoms in total. The zero-order valence-electron chi connectivity index (χ0n) is 12.7. The highest BCUT2D eigenvalue weighted by molar-refractivity contribution is 7.80. The lowest BCUT2D eigenvalue weighted by Crippen LogP contribution is -2.23. The first kappa shape index (κ1) is 14.7.